The Morgan fingerprint density at radius 1 is 0.970 bits per heavy atom. The van der Waals surface area contributed by atoms with Crippen LogP contribution in [-0.2, 0) is 23.8 Å². The lowest BCUT2D eigenvalue weighted by Gasteiger charge is -2.39. The van der Waals surface area contributed by atoms with Gasteiger partial charge in [0.05, 0.1) is 29.1 Å². The van der Waals surface area contributed by atoms with Crippen molar-refractivity contribution in [1.29, 1.82) is 0 Å². The third-order valence-electron chi connectivity index (χ3n) is 13.8. The van der Waals surface area contributed by atoms with Crippen molar-refractivity contribution in [2.45, 2.75) is 113 Å². The van der Waals surface area contributed by atoms with E-state index >= 15 is 0 Å². The first kappa shape index (κ1) is 50.4. The average molecular weight is 928 g/mol. The number of carbonyl (C=O) groups excluding carboxylic acids is 2. The molecule has 16 heteroatoms. The van der Waals surface area contributed by atoms with E-state index in [2.05, 4.69) is 31.0 Å². The summed E-state index contributed by atoms with van der Waals surface area (Å²) in [6, 6.07) is 2.74. The minimum absolute atomic E-state index is 0.0416. The zero-order valence-corrected chi connectivity index (χ0v) is 40.9. The van der Waals surface area contributed by atoms with Gasteiger partial charge in [0.2, 0.25) is 10.9 Å². The minimum Gasteiger partial charge on any atom is -0.507 e. The van der Waals surface area contributed by atoms with E-state index in [1.165, 1.54) is 59.3 Å². The number of esters is 1. The molecule has 9 atom stereocenters. The van der Waals surface area contributed by atoms with E-state index in [0.29, 0.717) is 6.54 Å². The highest BCUT2D eigenvalue weighted by molar-refractivity contribution is 6.16. The van der Waals surface area contributed by atoms with Gasteiger partial charge in [0.1, 0.15) is 41.2 Å². The Morgan fingerprint density at radius 3 is 2.30 bits per heavy atom. The fraction of sp³-hybridized carbons (Fsp3) is 0.510. The second kappa shape index (κ2) is 19.3. The van der Waals surface area contributed by atoms with E-state index < -0.39 is 64.3 Å². The highest BCUT2D eigenvalue weighted by Gasteiger charge is 2.44. The number of allylic oxidation sites excluding steroid dienone is 2. The molecule has 0 saturated heterocycles. The number of nitrogens with zero attached hydrogens (tertiary/aromatic N) is 2. The molecule has 0 radical (unpaired) electrons. The topological polar surface area (TPSA) is 216 Å². The van der Waals surface area contributed by atoms with Gasteiger partial charge in [-0.25, -0.2) is 4.98 Å². The smallest absolute Gasteiger partial charge is 0.307 e. The van der Waals surface area contributed by atoms with Crippen LogP contribution in [0.25, 0.3) is 38.7 Å². The van der Waals surface area contributed by atoms with Crippen molar-refractivity contribution in [3.63, 3.8) is 0 Å². The fourth-order valence-electron chi connectivity index (χ4n) is 8.80. The van der Waals surface area contributed by atoms with E-state index in [1.807, 2.05) is 41.7 Å². The molecule has 16 nitrogen and oxygen atoms in total. The van der Waals surface area contributed by atoms with Gasteiger partial charge in [0.25, 0.3) is 5.91 Å². The van der Waals surface area contributed by atoms with Crippen molar-refractivity contribution < 1.29 is 53.0 Å². The number of aliphatic hydroxyl groups is 2. The van der Waals surface area contributed by atoms with Gasteiger partial charge in [0, 0.05) is 73.5 Å². The Hall–Kier alpha value is -5.97. The number of amides is 1. The summed E-state index contributed by atoms with van der Waals surface area (Å²) in [6.45, 7) is 22.4. The molecule has 0 unspecified atom stereocenters. The van der Waals surface area contributed by atoms with E-state index in [9.17, 15) is 34.5 Å². The maximum atomic E-state index is 14.8. The lowest BCUT2D eigenvalue weighted by molar-refractivity contribution is -0.157. The van der Waals surface area contributed by atoms with E-state index in [0.717, 1.165) is 0 Å². The van der Waals surface area contributed by atoms with E-state index in [1.54, 1.807) is 18.2 Å². The number of likely N-dealkylation sites (N-methyl/N-ethyl adjacent to an activating group) is 1. The molecule has 0 fully saturated rings. The fourth-order valence-corrected chi connectivity index (χ4v) is 8.80. The van der Waals surface area contributed by atoms with Crippen LogP contribution in [0.4, 0.5) is 5.69 Å². The number of anilines is 1. The third-order valence-corrected chi connectivity index (χ3v) is 13.8. The number of carbonyl (C=O) groups is 2. The molecule has 0 aliphatic carbocycles. The monoisotopic (exact) mass is 927 g/mol. The molecule has 0 spiro atoms. The Bertz CT molecular complexity index is 2860. The second-order valence-corrected chi connectivity index (χ2v) is 19.3. The Morgan fingerprint density at radius 2 is 1.66 bits per heavy atom. The van der Waals surface area contributed by atoms with Gasteiger partial charge < -0.3 is 48.7 Å². The predicted molar refractivity (Wildman–Crippen MR) is 256 cm³/mol. The van der Waals surface area contributed by atoms with Crippen LogP contribution in [0.1, 0.15) is 81.7 Å². The number of aromatic nitrogens is 1. The number of aliphatic hydroxyl groups excluding tert-OH is 2. The van der Waals surface area contributed by atoms with Crippen molar-refractivity contribution in [2.75, 3.05) is 32.6 Å². The SMILES string of the molecule is CO[C@H]1/C=C/O[C@@]2(C)Oc3c(C)c(O)c4c(=O)c(c5oc6cc(OCCN(C)C(C)(C)C)cc(=O)c6nc5c4c3=C2O)NC(=O)/C(C)=C\C=C\[C@H](C)[C@H](O)[C@@H](C)[C@@H](C)[C@@H](C)[C@H](OC(C)=O)[C@@H]1C. The molecule has 1 amide bonds. The number of methoxy groups -OCH3 is 1. The van der Waals surface area contributed by atoms with Crippen LogP contribution in [0.3, 0.4) is 0 Å². The largest absolute Gasteiger partial charge is 0.507 e. The number of hydrogen-bond donors (Lipinski definition) is 4. The van der Waals surface area contributed by atoms with Gasteiger partial charge in [-0.1, -0.05) is 52.8 Å². The highest BCUT2D eigenvalue weighted by Crippen LogP contribution is 2.42. The van der Waals surface area contributed by atoms with Crippen LogP contribution in [-0.4, -0.2) is 94.0 Å². The molecular weight excluding hydrogens is 863 g/mol. The highest BCUT2D eigenvalue weighted by atomic mass is 16.7. The number of rotatable bonds is 6. The molecule has 4 bridgehead atoms. The molecule has 4 aromatic rings. The quantitative estimate of drug-likeness (QED) is 0.0875. The molecule has 1 aromatic heterocycles. The molecule has 2 aliphatic heterocycles. The van der Waals surface area contributed by atoms with Crippen LogP contribution in [0.5, 0.6) is 17.2 Å². The molecule has 2 aliphatic rings. The number of nitrogens with one attached hydrogen (secondary N) is 1. The molecular formula is C51H65N3O13. The van der Waals surface area contributed by atoms with Gasteiger partial charge in [-0.3, -0.25) is 24.1 Å². The maximum absolute atomic E-state index is 14.8. The van der Waals surface area contributed by atoms with Crippen molar-refractivity contribution in [1.82, 2.24) is 9.88 Å². The van der Waals surface area contributed by atoms with Crippen molar-refractivity contribution in [2.24, 2.45) is 29.6 Å². The minimum atomic E-state index is -1.96. The summed E-state index contributed by atoms with van der Waals surface area (Å²) in [5.74, 6) is -5.55. The summed E-state index contributed by atoms with van der Waals surface area (Å²) in [6.07, 6.45) is 5.63. The standard InChI is InChI=1S/C51H65N3O13/c1-24-16-15-17-25(2)49(61)53-41-44(59)37-36(40-47(41)66-35-23-32(22-33(56)39(35)52-40)63-21-19-54(13)50(9,10)11)38-46(30(7)43(37)58)67-51(12,48(38)60)64-20-18-34(62-14)29(6)45(65-31(8)55)28(5)26(3)27(4)42(24)57/h15-18,20,22-24,26-29,34,42,45,57-58,60H,19,21H2,1-14H3,(H,53,61)/b16-15+,20-18+,25-17-/t24-,26+,27-,28+,29+,34-,42-,45-,51-/m0/s1. The van der Waals surface area contributed by atoms with Gasteiger partial charge >= 0.3 is 11.8 Å². The van der Waals surface area contributed by atoms with E-state index in [4.69, 9.17) is 33.1 Å². The zero-order chi connectivity index (χ0) is 49.6. The van der Waals surface area contributed by atoms with E-state index in [-0.39, 0.29) is 102 Å². The number of fused-ring (bicyclic) bond motifs is 2. The van der Waals surface area contributed by atoms with Crippen molar-refractivity contribution in [3.8, 4) is 17.2 Å². The number of aromatic hydroxyl groups is 1. The lowest BCUT2D eigenvalue weighted by atomic mass is 9.73. The Labute approximate surface area is 389 Å². The number of hydrogen-bond acceptors (Lipinski definition) is 15. The van der Waals surface area contributed by atoms with Crippen LogP contribution >= 0.6 is 0 Å². The predicted octanol–water partition coefficient (Wildman–Crippen LogP) is 6.94. The molecule has 6 rings (SSSR count). The first-order valence-electron chi connectivity index (χ1n) is 22.6. The summed E-state index contributed by atoms with van der Waals surface area (Å²) in [5, 5.41) is 37.7. The average Bonchev–Trinajstić information content (AvgIpc) is 3.53. The zero-order valence-electron chi connectivity index (χ0n) is 40.9. The Kier molecular flexibility index (Phi) is 14.6. The van der Waals surface area contributed by atoms with Gasteiger partial charge in [-0.05, 0) is 65.5 Å². The van der Waals surface area contributed by atoms with Gasteiger partial charge in [-0.15, -0.1) is 0 Å². The molecule has 362 valence electrons. The van der Waals surface area contributed by atoms with Crippen molar-refractivity contribution in [3.05, 3.63) is 79.5 Å². The third kappa shape index (κ3) is 9.74. The number of ether oxygens (including phenoxy) is 5. The molecule has 67 heavy (non-hydrogen) atoms. The van der Waals surface area contributed by atoms with Crippen molar-refractivity contribution >= 4 is 56.3 Å². The molecule has 0 saturated carbocycles. The summed E-state index contributed by atoms with van der Waals surface area (Å²) in [7, 11) is 3.46. The Balaban J connectivity index is 1.61. The molecule has 3 aromatic carbocycles. The number of benzene rings is 3. The molecule has 4 N–H and O–H groups in total. The first-order valence-corrected chi connectivity index (χ1v) is 22.6. The first-order chi connectivity index (χ1) is 31.3. The normalized spacial score (nSPS) is 28.3. The maximum Gasteiger partial charge on any atom is 0.307 e. The second-order valence-electron chi connectivity index (χ2n) is 19.3. The van der Waals surface area contributed by atoms with Gasteiger partial charge in [0.15, 0.2) is 22.4 Å². The number of phenolic OH excluding ortho intramolecular Hbond substituents is 1. The summed E-state index contributed by atoms with van der Waals surface area (Å²) >= 11 is 0. The molecule has 3 heterocycles. The lowest BCUT2D eigenvalue weighted by Crippen LogP contribution is -2.43. The van der Waals surface area contributed by atoms with Crippen LogP contribution in [0.2, 0.25) is 0 Å². The van der Waals surface area contributed by atoms with Crippen LogP contribution < -0.4 is 30.9 Å². The summed E-state index contributed by atoms with van der Waals surface area (Å²) in [4.78, 5) is 62.0. The van der Waals surface area contributed by atoms with Crippen LogP contribution in [0.15, 0.2) is 62.3 Å². The summed E-state index contributed by atoms with van der Waals surface area (Å²) < 4.78 is 36.7. The summed E-state index contributed by atoms with van der Waals surface area (Å²) in [5.41, 5.74) is -2.38. The van der Waals surface area contributed by atoms with Crippen LogP contribution in [0, 0.1) is 36.5 Å². The number of phenols is 1. The van der Waals surface area contributed by atoms with Gasteiger partial charge in [-0.2, -0.15) is 0 Å².